The van der Waals surface area contributed by atoms with E-state index in [2.05, 4.69) is 24.5 Å². The molecule has 1 aromatic rings. The molecule has 0 spiro atoms. The molecule has 1 saturated carbocycles. The van der Waals surface area contributed by atoms with Gasteiger partial charge in [0.05, 0.1) is 0 Å². The van der Waals surface area contributed by atoms with Crippen molar-refractivity contribution in [1.29, 1.82) is 0 Å². The van der Waals surface area contributed by atoms with E-state index in [1.165, 1.54) is 6.42 Å². The molecule has 1 aliphatic carbocycles. The first-order valence-electron chi connectivity index (χ1n) is 14.0. The number of carbonyl (C=O) groups is 3. The molecule has 0 heterocycles. The Balaban J connectivity index is 2.44. The molecule has 0 aliphatic heterocycles. The monoisotopic (exact) mass is 515 g/mol. The minimum absolute atomic E-state index is 0.119. The van der Waals surface area contributed by atoms with Gasteiger partial charge in [-0.1, -0.05) is 57.4 Å². The lowest BCUT2D eigenvalue weighted by atomic mass is 9.92. The molecule has 3 atom stereocenters. The number of aryl methyl sites for hydroxylation is 1. The summed E-state index contributed by atoms with van der Waals surface area (Å²) in [5.74, 6) is 0.00858. The predicted molar refractivity (Wildman–Crippen MR) is 148 cm³/mol. The topological polar surface area (TPSA) is 87.7 Å². The van der Waals surface area contributed by atoms with Gasteiger partial charge >= 0.3 is 6.09 Å². The molecule has 208 valence electrons. The normalized spacial score (nSPS) is 17.0. The van der Waals surface area contributed by atoms with Crippen LogP contribution in [-0.2, 0) is 14.3 Å². The molecule has 0 bridgehead atoms. The predicted octanol–water partition coefficient (Wildman–Crippen LogP) is 6.05. The Hall–Kier alpha value is -2.57. The van der Waals surface area contributed by atoms with Crippen molar-refractivity contribution in [3.05, 3.63) is 35.4 Å². The van der Waals surface area contributed by atoms with Gasteiger partial charge in [-0.25, -0.2) is 4.79 Å². The van der Waals surface area contributed by atoms with Crippen LogP contribution in [0.4, 0.5) is 4.79 Å². The molecule has 0 saturated heterocycles. The molecular weight excluding hydrogens is 466 g/mol. The van der Waals surface area contributed by atoms with E-state index in [0.717, 1.165) is 49.7 Å². The van der Waals surface area contributed by atoms with Crippen molar-refractivity contribution in [3.8, 4) is 0 Å². The Morgan fingerprint density at radius 2 is 1.62 bits per heavy atom. The highest BCUT2D eigenvalue weighted by atomic mass is 16.6. The van der Waals surface area contributed by atoms with Crippen LogP contribution in [0.25, 0.3) is 0 Å². The van der Waals surface area contributed by atoms with Crippen LogP contribution in [0.1, 0.15) is 111 Å². The maximum absolute atomic E-state index is 14.0. The number of hydrogen-bond donors (Lipinski definition) is 2. The van der Waals surface area contributed by atoms with E-state index in [-0.39, 0.29) is 23.9 Å². The quantitative estimate of drug-likeness (QED) is 0.397. The van der Waals surface area contributed by atoms with Crippen LogP contribution in [0.5, 0.6) is 0 Å². The van der Waals surface area contributed by atoms with Gasteiger partial charge in [0.25, 0.3) is 0 Å². The second-order valence-corrected chi connectivity index (χ2v) is 12.0. The third kappa shape index (κ3) is 9.67. The van der Waals surface area contributed by atoms with E-state index in [1.54, 1.807) is 32.6 Å². The molecule has 1 aromatic carbocycles. The number of amides is 3. The SMILES string of the molecule is Cc1ccccc1C(C(=O)NC1CCCCC1)N(C(=O)C(C)NC(=O)OC(C)(C)C)C(C)CCC(C)C. The van der Waals surface area contributed by atoms with E-state index in [1.807, 2.05) is 38.1 Å². The molecule has 37 heavy (non-hydrogen) atoms. The summed E-state index contributed by atoms with van der Waals surface area (Å²) in [4.78, 5) is 42.2. The molecule has 7 heteroatoms. The van der Waals surface area contributed by atoms with E-state index >= 15 is 0 Å². The Bertz CT molecular complexity index is 902. The standard InChI is InChI=1S/C30H49N3O4/c1-20(2)18-19-22(4)33(28(35)23(5)31-29(36)37-30(6,7)8)26(25-17-13-12-14-21(25)3)27(34)32-24-15-10-9-11-16-24/h12-14,17,20,22-24,26H,9-11,15-16,18-19H2,1-8H3,(H,31,36)(H,32,34). The summed E-state index contributed by atoms with van der Waals surface area (Å²) in [6, 6.07) is 6.02. The second-order valence-electron chi connectivity index (χ2n) is 12.0. The number of alkyl carbamates (subject to hydrolysis) is 1. The molecule has 1 aliphatic rings. The minimum atomic E-state index is -0.856. The maximum Gasteiger partial charge on any atom is 0.408 e. The average Bonchev–Trinajstić information content (AvgIpc) is 2.80. The van der Waals surface area contributed by atoms with Crippen molar-refractivity contribution in [3.63, 3.8) is 0 Å². The number of rotatable bonds is 10. The largest absolute Gasteiger partial charge is 0.444 e. The zero-order chi connectivity index (χ0) is 27.8. The van der Waals surface area contributed by atoms with Crippen LogP contribution in [0, 0.1) is 12.8 Å². The fourth-order valence-corrected chi connectivity index (χ4v) is 4.92. The molecule has 1 fully saturated rings. The van der Waals surface area contributed by atoms with Crippen LogP contribution in [0.15, 0.2) is 24.3 Å². The lowest BCUT2D eigenvalue weighted by Gasteiger charge is -2.39. The summed E-state index contributed by atoms with van der Waals surface area (Å²) in [6.07, 6.45) is 6.33. The van der Waals surface area contributed by atoms with Crippen LogP contribution in [0.2, 0.25) is 0 Å². The molecule has 7 nitrogen and oxygen atoms in total. The summed E-state index contributed by atoms with van der Waals surface area (Å²) in [7, 11) is 0. The van der Waals surface area contributed by atoms with Crippen molar-refractivity contribution in [1.82, 2.24) is 15.5 Å². The van der Waals surface area contributed by atoms with Crippen molar-refractivity contribution in [2.45, 2.75) is 130 Å². The van der Waals surface area contributed by atoms with Gasteiger partial charge in [-0.2, -0.15) is 0 Å². The highest BCUT2D eigenvalue weighted by molar-refractivity contribution is 5.92. The first-order valence-corrected chi connectivity index (χ1v) is 14.0. The molecule has 3 unspecified atom stereocenters. The Labute approximate surface area is 224 Å². The van der Waals surface area contributed by atoms with E-state index < -0.39 is 23.8 Å². The molecule has 2 rings (SSSR count). The number of benzene rings is 1. The van der Waals surface area contributed by atoms with E-state index in [9.17, 15) is 14.4 Å². The van der Waals surface area contributed by atoms with Gasteiger partial charge in [0.1, 0.15) is 17.7 Å². The maximum atomic E-state index is 14.0. The highest BCUT2D eigenvalue weighted by Crippen LogP contribution is 2.30. The van der Waals surface area contributed by atoms with Crippen molar-refractivity contribution >= 4 is 17.9 Å². The third-order valence-electron chi connectivity index (χ3n) is 6.96. The summed E-state index contributed by atoms with van der Waals surface area (Å²) in [5.41, 5.74) is 1.08. The van der Waals surface area contributed by atoms with E-state index in [4.69, 9.17) is 4.74 Å². The van der Waals surface area contributed by atoms with Gasteiger partial charge in [0, 0.05) is 12.1 Å². The number of hydrogen-bond acceptors (Lipinski definition) is 4. The second kappa shape index (κ2) is 13.8. The average molecular weight is 516 g/mol. The van der Waals surface area contributed by atoms with E-state index in [0.29, 0.717) is 5.92 Å². The van der Waals surface area contributed by atoms with Crippen LogP contribution in [-0.4, -0.2) is 46.5 Å². The van der Waals surface area contributed by atoms with Gasteiger partial charge in [0.15, 0.2) is 0 Å². The molecule has 3 amide bonds. The first-order chi connectivity index (χ1) is 17.3. The number of nitrogens with one attached hydrogen (secondary N) is 2. The smallest absolute Gasteiger partial charge is 0.408 e. The minimum Gasteiger partial charge on any atom is -0.444 e. The number of carbonyl (C=O) groups excluding carboxylic acids is 3. The fraction of sp³-hybridized carbons (Fsp3) is 0.700. The Morgan fingerprint density at radius 3 is 2.19 bits per heavy atom. The van der Waals surface area contributed by atoms with Gasteiger partial charge in [-0.3, -0.25) is 9.59 Å². The van der Waals surface area contributed by atoms with Crippen molar-refractivity contribution in [2.75, 3.05) is 0 Å². The van der Waals surface area contributed by atoms with Crippen LogP contribution >= 0.6 is 0 Å². The molecule has 0 aromatic heterocycles. The van der Waals surface area contributed by atoms with Gasteiger partial charge < -0.3 is 20.3 Å². The van der Waals surface area contributed by atoms with Crippen LogP contribution in [0.3, 0.4) is 0 Å². The van der Waals surface area contributed by atoms with Gasteiger partial charge in [-0.15, -0.1) is 0 Å². The fourth-order valence-electron chi connectivity index (χ4n) is 4.92. The number of ether oxygens (including phenoxy) is 1. The number of nitrogens with zero attached hydrogens (tertiary/aromatic N) is 1. The lowest BCUT2D eigenvalue weighted by molar-refractivity contribution is -0.145. The molecule has 0 radical (unpaired) electrons. The zero-order valence-electron chi connectivity index (χ0n) is 24.2. The summed E-state index contributed by atoms with van der Waals surface area (Å²) < 4.78 is 5.39. The summed E-state index contributed by atoms with van der Waals surface area (Å²) >= 11 is 0. The highest BCUT2D eigenvalue weighted by Gasteiger charge is 2.38. The van der Waals surface area contributed by atoms with Crippen LogP contribution < -0.4 is 10.6 Å². The summed E-state index contributed by atoms with van der Waals surface area (Å²) in [5, 5.41) is 5.96. The van der Waals surface area contributed by atoms with Crippen molar-refractivity contribution < 1.29 is 19.1 Å². The third-order valence-corrected chi connectivity index (χ3v) is 6.96. The van der Waals surface area contributed by atoms with Crippen molar-refractivity contribution in [2.24, 2.45) is 5.92 Å². The molecule has 2 N–H and O–H groups in total. The summed E-state index contributed by atoms with van der Waals surface area (Å²) in [6.45, 7) is 15.3. The Morgan fingerprint density at radius 1 is 1.00 bits per heavy atom. The van der Waals surface area contributed by atoms with Gasteiger partial charge in [0.2, 0.25) is 11.8 Å². The lowest BCUT2D eigenvalue weighted by Crippen LogP contribution is -2.55. The first kappa shape index (κ1) is 30.7. The van der Waals surface area contributed by atoms with Gasteiger partial charge in [-0.05, 0) is 84.3 Å². The molecular formula is C30H49N3O4. The zero-order valence-corrected chi connectivity index (χ0v) is 24.2. The Kier molecular flexibility index (Phi) is 11.5.